The zero-order valence-corrected chi connectivity index (χ0v) is 9.97. The molecule has 90 valence electrons. The fraction of sp³-hybridized carbons (Fsp3) is 0.0714. The van der Waals surface area contributed by atoms with Gasteiger partial charge in [0.1, 0.15) is 5.75 Å². The monoisotopic (exact) mass is 239 g/mol. The Morgan fingerprint density at radius 1 is 1.17 bits per heavy atom. The van der Waals surface area contributed by atoms with Crippen LogP contribution in [0.2, 0.25) is 0 Å². The molecule has 4 heteroatoms. The molecule has 0 aliphatic carbocycles. The van der Waals surface area contributed by atoms with Gasteiger partial charge in [-0.2, -0.15) is 5.10 Å². The van der Waals surface area contributed by atoms with Gasteiger partial charge in [0, 0.05) is 10.9 Å². The number of fused-ring (bicyclic) bond motifs is 1. The quantitative estimate of drug-likeness (QED) is 0.722. The van der Waals surface area contributed by atoms with Gasteiger partial charge in [0.25, 0.3) is 0 Å². The first-order valence-corrected chi connectivity index (χ1v) is 5.66. The van der Waals surface area contributed by atoms with Crippen molar-refractivity contribution in [2.24, 2.45) is 0 Å². The lowest BCUT2D eigenvalue weighted by molar-refractivity contribution is 0.416. The smallest absolute Gasteiger partial charge is 0.153 e. The molecule has 0 aliphatic heterocycles. The first-order chi connectivity index (χ1) is 8.79. The van der Waals surface area contributed by atoms with Gasteiger partial charge in [-0.25, -0.2) is 0 Å². The number of nitrogens with zero attached hydrogens (tertiary/aromatic N) is 1. The number of aromatic amines is 1. The van der Waals surface area contributed by atoms with Gasteiger partial charge in [0.05, 0.1) is 12.6 Å². The van der Waals surface area contributed by atoms with Crippen LogP contribution in [0.4, 0.5) is 5.82 Å². The van der Waals surface area contributed by atoms with Crippen LogP contribution in [0.3, 0.4) is 0 Å². The number of aromatic nitrogens is 2. The number of hydrogen-bond acceptors (Lipinski definition) is 3. The molecule has 3 N–H and O–H groups in total. The molecule has 3 rings (SSSR count). The largest absolute Gasteiger partial charge is 0.496 e. The summed E-state index contributed by atoms with van der Waals surface area (Å²) in [6, 6.07) is 13.9. The summed E-state index contributed by atoms with van der Waals surface area (Å²) in [6.07, 6.45) is 0. The Hall–Kier alpha value is -2.49. The first-order valence-electron chi connectivity index (χ1n) is 5.66. The molecule has 0 fully saturated rings. The Balaban J connectivity index is 2.19. The summed E-state index contributed by atoms with van der Waals surface area (Å²) in [7, 11) is 1.67. The van der Waals surface area contributed by atoms with E-state index in [1.54, 1.807) is 7.11 Å². The molecule has 0 aliphatic rings. The highest BCUT2D eigenvalue weighted by Crippen LogP contribution is 2.31. The second-order valence-electron chi connectivity index (χ2n) is 4.07. The molecule has 0 spiro atoms. The van der Waals surface area contributed by atoms with Gasteiger partial charge in [-0.05, 0) is 23.8 Å². The highest BCUT2D eigenvalue weighted by molar-refractivity contribution is 5.92. The van der Waals surface area contributed by atoms with E-state index in [1.165, 1.54) is 0 Å². The zero-order chi connectivity index (χ0) is 12.5. The molecule has 4 nitrogen and oxygen atoms in total. The van der Waals surface area contributed by atoms with Gasteiger partial charge in [0.15, 0.2) is 5.82 Å². The number of rotatable bonds is 2. The van der Waals surface area contributed by atoms with Gasteiger partial charge in [-0.1, -0.05) is 24.3 Å². The van der Waals surface area contributed by atoms with Gasteiger partial charge < -0.3 is 10.5 Å². The van der Waals surface area contributed by atoms with E-state index >= 15 is 0 Å². The van der Waals surface area contributed by atoms with Crippen LogP contribution in [-0.4, -0.2) is 17.3 Å². The topological polar surface area (TPSA) is 63.9 Å². The summed E-state index contributed by atoms with van der Waals surface area (Å²) in [5.74, 6) is 1.38. The lowest BCUT2D eigenvalue weighted by Gasteiger charge is -2.08. The molecule has 0 saturated carbocycles. The molecule has 0 unspecified atom stereocenters. The molecule has 0 saturated heterocycles. The van der Waals surface area contributed by atoms with E-state index in [0.29, 0.717) is 5.82 Å². The number of hydrogen-bond donors (Lipinski definition) is 2. The van der Waals surface area contributed by atoms with Gasteiger partial charge >= 0.3 is 0 Å². The third-order valence-electron chi connectivity index (χ3n) is 3.01. The number of benzene rings is 2. The minimum absolute atomic E-state index is 0.525. The van der Waals surface area contributed by atoms with Crippen LogP contribution in [0.5, 0.6) is 5.75 Å². The number of H-pyrrole nitrogens is 1. The van der Waals surface area contributed by atoms with Crippen molar-refractivity contribution in [3.63, 3.8) is 0 Å². The molecule has 2 aromatic carbocycles. The number of para-hydroxylation sites is 1. The molecule has 0 radical (unpaired) electrons. The fourth-order valence-corrected chi connectivity index (χ4v) is 2.09. The van der Waals surface area contributed by atoms with Gasteiger partial charge in [-0.15, -0.1) is 0 Å². The minimum atomic E-state index is 0.525. The predicted molar refractivity (Wildman–Crippen MR) is 72.5 cm³/mol. The van der Waals surface area contributed by atoms with Crippen LogP contribution in [0, 0.1) is 0 Å². The SMILES string of the molecule is COc1ccccc1-c1ccc2c(N)n[nH]c2c1. The second-order valence-corrected chi connectivity index (χ2v) is 4.07. The molecule has 0 atom stereocenters. The van der Waals surface area contributed by atoms with Crippen molar-refractivity contribution in [3.8, 4) is 16.9 Å². The molecule has 1 heterocycles. The second kappa shape index (κ2) is 4.07. The minimum Gasteiger partial charge on any atom is -0.496 e. The number of methoxy groups -OCH3 is 1. The molecule has 18 heavy (non-hydrogen) atoms. The maximum atomic E-state index is 5.75. The van der Waals surface area contributed by atoms with Crippen LogP contribution in [0.1, 0.15) is 0 Å². The van der Waals surface area contributed by atoms with E-state index < -0.39 is 0 Å². The van der Waals surface area contributed by atoms with E-state index in [-0.39, 0.29) is 0 Å². The molecule has 1 aromatic heterocycles. The van der Waals surface area contributed by atoms with Crippen molar-refractivity contribution < 1.29 is 4.74 Å². The molecule has 0 bridgehead atoms. The van der Waals surface area contributed by atoms with E-state index in [0.717, 1.165) is 27.8 Å². The summed E-state index contributed by atoms with van der Waals surface area (Å²) in [6.45, 7) is 0. The number of nitrogens with one attached hydrogen (secondary N) is 1. The molecule has 0 amide bonds. The number of nitrogens with two attached hydrogens (primary N) is 1. The Morgan fingerprint density at radius 3 is 2.83 bits per heavy atom. The highest BCUT2D eigenvalue weighted by Gasteiger charge is 2.07. The van der Waals surface area contributed by atoms with Crippen LogP contribution in [0.25, 0.3) is 22.0 Å². The van der Waals surface area contributed by atoms with E-state index in [4.69, 9.17) is 10.5 Å². The normalized spacial score (nSPS) is 10.7. The Labute approximate surface area is 104 Å². The summed E-state index contributed by atoms with van der Waals surface area (Å²) in [4.78, 5) is 0. The van der Waals surface area contributed by atoms with E-state index in [9.17, 15) is 0 Å². The maximum Gasteiger partial charge on any atom is 0.153 e. The zero-order valence-electron chi connectivity index (χ0n) is 9.97. The van der Waals surface area contributed by atoms with E-state index in [2.05, 4.69) is 10.2 Å². The van der Waals surface area contributed by atoms with Crippen molar-refractivity contribution in [3.05, 3.63) is 42.5 Å². The third-order valence-corrected chi connectivity index (χ3v) is 3.01. The average molecular weight is 239 g/mol. The van der Waals surface area contributed by atoms with Crippen molar-refractivity contribution in [1.29, 1.82) is 0 Å². The summed E-state index contributed by atoms with van der Waals surface area (Å²) >= 11 is 0. The molecule has 3 aromatic rings. The van der Waals surface area contributed by atoms with Crippen LogP contribution in [-0.2, 0) is 0 Å². The number of anilines is 1. The standard InChI is InChI=1S/C14H13N3O/c1-18-13-5-3-2-4-10(13)9-6-7-11-12(8-9)16-17-14(11)15/h2-8H,1H3,(H3,15,16,17). The fourth-order valence-electron chi connectivity index (χ4n) is 2.09. The van der Waals surface area contributed by atoms with Crippen LogP contribution < -0.4 is 10.5 Å². The van der Waals surface area contributed by atoms with E-state index in [1.807, 2.05) is 42.5 Å². The lowest BCUT2D eigenvalue weighted by atomic mass is 10.0. The van der Waals surface area contributed by atoms with Crippen molar-refractivity contribution in [1.82, 2.24) is 10.2 Å². The first kappa shape index (κ1) is 10.7. The highest BCUT2D eigenvalue weighted by atomic mass is 16.5. The predicted octanol–water partition coefficient (Wildman–Crippen LogP) is 2.82. The van der Waals surface area contributed by atoms with Gasteiger partial charge in [0.2, 0.25) is 0 Å². The summed E-state index contributed by atoms with van der Waals surface area (Å²) in [5, 5.41) is 7.85. The van der Waals surface area contributed by atoms with Crippen molar-refractivity contribution >= 4 is 16.7 Å². The number of ether oxygens (including phenoxy) is 1. The molecular weight excluding hydrogens is 226 g/mol. The lowest BCUT2D eigenvalue weighted by Crippen LogP contribution is -1.87. The molecular formula is C14H13N3O. The number of nitrogen functional groups attached to an aromatic ring is 1. The van der Waals surface area contributed by atoms with Crippen LogP contribution >= 0.6 is 0 Å². The Bertz CT molecular complexity index is 703. The maximum absolute atomic E-state index is 5.75. The third kappa shape index (κ3) is 1.59. The summed E-state index contributed by atoms with van der Waals surface area (Å²) in [5.41, 5.74) is 8.80. The Morgan fingerprint density at radius 2 is 2.00 bits per heavy atom. The average Bonchev–Trinajstić information content (AvgIpc) is 2.80. The van der Waals surface area contributed by atoms with Gasteiger partial charge in [-0.3, -0.25) is 5.10 Å². The van der Waals surface area contributed by atoms with Crippen molar-refractivity contribution in [2.75, 3.05) is 12.8 Å². The summed E-state index contributed by atoms with van der Waals surface area (Å²) < 4.78 is 5.37. The Kier molecular flexibility index (Phi) is 2.41. The van der Waals surface area contributed by atoms with Crippen LogP contribution in [0.15, 0.2) is 42.5 Å². The van der Waals surface area contributed by atoms with Crippen molar-refractivity contribution in [2.45, 2.75) is 0 Å².